The minimum absolute atomic E-state index is 0.303. The van der Waals surface area contributed by atoms with Crippen molar-refractivity contribution in [3.8, 4) is 0 Å². The summed E-state index contributed by atoms with van der Waals surface area (Å²) >= 11 is 2.80. The lowest BCUT2D eigenvalue weighted by Gasteiger charge is -2.41. The van der Waals surface area contributed by atoms with Crippen LogP contribution >= 0.6 is 15.9 Å². The Hall–Kier alpha value is -2.82. The van der Waals surface area contributed by atoms with Crippen molar-refractivity contribution in [2.24, 2.45) is 0 Å². The third-order valence-corrected chi connectivity index (χ3v) is 6.35. The third kappa shape index (κ3) is 6.11. The van der Waals surface area contributed by atoms with Gasteiger partial charge in [0, 0.05) is 10.5 Å². The van der Waals surface area contributed by atoms with Crippen LogP contribution in [0.1, 0.15) is 80.2 Å². The van der Waals surface area contributed by atoms with Crippen LogP contribution in [0.15, 0.2) is 33.5 Å². The zero-order valence-electron chi connectivity index (χ0n) is 20.7. The summed E-state index contributed by atoms with van der Waals surface area (Å²) in [5.74, 6) is -0.816. The number of nitrogens with one attached hydrogen (secondary N) is 2. The quantitative estimate of drug-likeness (QED) is 0.453. The van der Waals surface area contributed by atoms with E-state index in [1.165, 1.54) is 0 Å². The maximum absolute atomic E-state index is 13.2. The molecule has 36 heavy (non-hydrogen) atoms. The van der Waals surface area contributed by atoms with Gasteiger partial charge < -0.3 is 15.0 Å². The van der Waals surface area contributed by atoms with Crippen LogP contribution in [-0.2, 0) is 10.9 Å². The van der Waals surface area contributed by atoms with E-state index in [4.69, 9.17) is 4.74 Å². The molecule has 0 radical (unpaired) electrons. The van der Waals surface area contributed by atoms with Crippen LogP contribution in [-0.4, -0.2) is 28.6 Å². The fraction of sp³-hybridized carbons (Fsp3) is 0.480. The number of carbonyl (C=O) groups excluding carboxylic acids is 2. The van der Waals surface area contributed by atoms with Crippen LogP contribution in [0.2, 0.25) is 0 Å². The summed E-state index contributed by atoms with van der Waals surface area (Å²) in [6.07, 6.45) is -3.55. The molecule has 7 nitrogen and oxygen atoms in total. The molecule has 1 aromatic carbocycles. The minimum Gasteiger partial charge on any atom is -0.443 e. The molecule has 196 valence electrons. The molecule has 1 aliphatic rings. The van der Waals surface area contributed by atoms with Crippen molar-refractivity contribution < 1.29 is 27.5 Å². The molecule has 2 atom stereocenters. The number of H-pyrrole nitrogens is 1. The standard InChI is InChI=1S/C25H29BrF3N3O4/c1-6-7-14-11-18(30-21(33)16-12-17(26)20(25(27,28)29)31-22(16)34)15-10-13(2)8-9-19(15)32(14)23(35)36-24(3,4)5/h8-10,12,14,18H,6-7,11H2,1-5H3,(H,30,33)(H,31,34)/t14-,18+/m0/s1. The molecule has 0 spiro atoms. The molecule has 2 amide bonds. The second-order valence-corrected chi connectivity index (χ2v) is 10.7. The highest BCUT2D eigenvalue weighted by Crippen LogP contribution is 2.40. The van der Waals surface area contributed by atoms with Crippen molar-refractivity contribution in [1.29, 1.82) is 0 Å². The summed E-state index contributed by atoms with van der Waals surface area (Å²) in [5, 5.41) is 2.80. The van der Waals surface area contributed by atoms with Gasteiger partial charge in [-0.15, -0.1) is 0 Å². The topological polar surface area (TPSA) is 91.5 Å². The van der Waals surface area contributed by atoms with Crippen molar-refractivity contribution in [3.63, 3.8) is 0 Å². The van der Waals surface area contributed by atoms with E-state index >= 15 is 0 Å². The first-order valence-corrected chi connectivity index (χ1v) is 12.3. The normalized spacial score (nSPS) is 18.0. The molecule has 1 aromatic heterocycles. The number of hydrogen-bond donors (Lipinski definition) is 2. The number of aryl methyl sites for hydroxylation is 1. The van der Waals surface area contributed by atoms with E-state index in [9.17, 15) is 27.6 Å². The number of aromatic nitrogens is 1. The number of benzene rings is 1. The lowest BCUT2D eigenvalue weighted by Crippen LogP contribution is -2.49. The van der Waals surface area contributed by atoms with Crippen molar-refractivity contribution in [2.45, 2.75) is 77.7 Å². The Morgan fingerprint density at radius 1 is 1.22 bits per heavy atom. The van der Waals surface area contributed by atoms with Gasteiger partial charge in [-0.3, -0.25) is 14.5 Å². The molecule has 0 saturated heterocycles. The van der Waals surface area contributed by atoms with Crippen LogP contribution in [0, 0.1) is 6.92 Å². The van der Waals surface area contributed by atoms with Gasteiger partial charge in [-0.2, -0.15) is 13.2 Å². The number of alkyl halides is 3. The Morgan fingerprint density at radius 3 is 2.47 bits per heavy atom. The molecule has 3 rings (SSSR count). The van der Waals surface area contributed by atoms with Gasteiger partial charge in [0.2, 0.25) is 0 Å². The van der Waals surface area contributed by atoms with E-state index < -0.39 is 51.1 Å². The number of fused-ring (bicyclic) bond motifs is 1. The van der Waals surface area contributed by atoms with Crippen LogP contribution < -0.4 is 15.8 Å². The number of pyridine rings is 1. The summed E-state index contributed by atoms with van der Waals surface area (Å²) < 4.78 is 44.6. The number of rotatable bonds is 4. The van der Waals surface area contributed by atoms with Crippen LogP contribution in [0.3, 0.4) is 0 Å². The Bertz CT molecular complexity index is 1220. The first-order chi connectivity index (χ1) is 16.6. The molecule has 2 N–H and O–H groups in total. The Morgan fingerprint density at radius 2 is 1.89 bits per heavy atom. The summed E-state index contributed by atoms with van der Waals surface area (Å²) in [5.41, 5.74) is -1.45. The number of hydrogen-bond acceptors (Lipinski definition) is 4. The average Bonchev–Trinajstić information content (AvgIpc) is 2.73. The molecule has 11 heteroatoms. The van der Waals surface area contributed by atoms with E-state index in [2.05, 4.69) is 21.2 Å². The predicted molar refractivity (Wildman–Crippen MR) is 133 cm³/mol. The molecule has 0 fully saturated rings. The fourth-order valence-corrected chi connectivity index (χ4v) is 4.82. The average molecular weight is 572 g/mol. The first-order valence-electron chi connectivity index (χ1n) is 11.6. The van der Waals surface area contributed by atoms with Crippen LogP contribution in [0.25, 0.3) is 0 Å². The van der Waals surface area contributed by atoms with E-state index in [0.29, 0.717) is 24.1 Å². The van der Waals surface area contributed by atoms with Crippen LogP contribution in [0.4, 0.5) is 23.7 Å². The zero-order valence-corrected chi connectivity index (χ0v) is 22.3. The number of amides is 2. The smallest absolute Gasteiger partial charge is 0.432 e. The van der Waals surface area contributed by atoms with Crippen molar-refractivity contribution >= 4 is 33.6 Å². The lowest BCUT2D eigenvalue weighted by atomic mass is 9.88. The van der Waals surface area contributed by atoms with Crippen molar-refractivity contribution in [1.82, 2.24) is 10.3 Å². The fourth-order valence-electron chi connectivity index (χ4n) is 4.26. The molecule has 2 heterocycles. The SMILES string of the molecule is CCC[C@H]1C[C@@H](NC(=O)c2cc(Br)c(C(F)(F)F)[nH]c2=O)c2cc(C)ccc2N1C(=O)OC(C)(C)C. The summed E-state index contributed by atoms with van der Waals surface area (Å²) in [7, 11) is 0. The van der Waals surface area contributed by atoms with Gasteiger partial charge in [-0.05, 0) is 74.2 Å². The molecular weight excluding hydrogens is 543 g/mol. The van der Waals surface area contributed by atoms with Gasteiger partial charge in [0.05, 0.1) is 11.7 Å². The highest BCUT2D eigenvalue weighted by atomic mass is 79.9. The van der Waals surface area contributed by atoms with Crippen LogP contribution in [0.5, 0.6) is 0 Å². The third-order valence-electron chi connectivity index (χ3n) is 5.73. The predicted octanol–water partition coefficient (Wildman–Crippen LogP) is 6.25. The van der Waals surface area contributed by atoms with Gasteiger partial charge >= 0.3 is 12.3 Å². The number of aromatic amines is 1. The van der Waals surface area contributed by atoms with Gasteiger partial charge in [0.25, 0.3) is 11.5 Å². The molecule has 2 aromatic rings. The summed E-state index contributed by atoms with van der Waals surface area (Å²) in [4.78, 5) is 41.9. The number of anilines is 1. The zero-order chi connectivity index (χ0) is 27.0. The number of nitrogens with zero attached hydrogens (tertiary/aromatic N) is 1. The highest BCUT2D eigenvalue weighted by Gasteiger charge is 2.39. The van der Waals surface area contributed by atoms with Gasteiger partial charge in [-0.1, -0.05) is 31.0 Å². The molecule has 0 unspecified atom stereocenters. The largest absolute Gasteiger partial charge is 0.443 e. The highest BCUT2D eigenvalue weighted by molar-refractivity contribution is 9.10. The summed E-state index contributed by atoms with van der Waals surface area (Å²) in [6, 6.07) is 5.46. The van der Waals surface area contributed by atoms with E-state index in [1.807, 2.05) is 26.0 Å². The maximum atomic E-state index is 13.2. The molecule has 0 aliphatic carbocycles. The second-order valence-electron chi connectivity index (χ2n) is 9.85. The number of halogens is 4. The molecule has 0 bridgehead atoms. The van der Waals surface area contributed by atoms with E-state index in [1.54, 1.807) is 36.7 Å². The summed E-state index contributed by atoms with van der Waals surface area (Å²) in [6.45, 7) is 9.19. The van der Waals surface area contributed by atoms with E-state index in [-0.39, 0.29) is 6.04 Å². The van der Waals surface area contributed by atoms with Gasteiger partial charge in [-0.25, -0.2) is 4.79 Å². The number of carbonyl (C=O) groups is 2. The maximum Gasteiger partial charge on any atom is 0.432 e. The van der Waals surface area contributed by atoms with Crippen molar-refractivity contribution in [3.05, 3.63) is 61.5 Å². The van der Waals surface area contributed by atoms with E-state index in [0.717, 1.165) is 18.1 Å². The molecule has 0 saturated carbocycles. The molecular formula is C25H29BrF3N3O4. The Balaban J connectivity index is 2.00. The van der Waals surface area contributed by atoms with Gasteiger partial charge in [0.1, 0.15) is 16.9 Å². The number of ether oxygens (including phenoxy) is 1. The lowest BCUT2D eigenvalue weighted by molar-refractivity contribution is -0.142. The minimum atomic E-state index is -4.79. The van der Waals surface area contributed by atoms with Crippen molar-refractivity contribution in [2.75, 3.05) is 4.90 Å². The Labute approximate surface area is 215 Å². The van der Waals surface area contributed by atoms with Gasteiger partial charge in [0.15, 0.2) is 0 Å². The second kappa shape index (κ2) is 10.3. The molecule has 1 aliphatic heterocycles. The Kier molecular flexibility index (Phi) is 7.92. The monoisotopic (exact) mass is 571 g/mol. The first kappa shape index (κ1) is 27.8.